The Balaban J connectivity index is 1.55. The largest absolute Gasteiger partial charge is 0.493 e. The van der Waals surface area contributed by atoms with E-state index in [0.29, 0.717) is 48.2 Å². The van der Waals surface area contributed by atoms with Crippen molar-refractivity contribution in [2.75, 3.05) is 13.7 Å². The Kier molecular flexibility index (Phi) is 6.53. The molecule has 1 fully saturated rings. The minimum atomic E-state index is -0.625. The van der Waals surface area contributed by atoms with Gasteiger partial charge in [-0.05, 0) is 55.0 Å². The summed E-state index contributed by atoms with van der Waals surface area (Å²) in [5, 5.41) is -0.0711. The summed E-state index contributed by atoms with van der Waals surface area (Å²) in [6.07, 6.45) is 3.23. The first-order valence-electron chi connectivity index (χ1n) is 12.1. The zero-order valence-corrected chi connectivity index (χ0v) is 20.9. The number of ketones is 1. The van der Waals surface area contributed by atoms with Crippen LogP contribution in [0.25, 0.3) is 0 Å². The fourth-order valence-electron chi connectivity index (χ4n) is 5.17. The zero-order valence-electron chi connectivity index (χ0n) is 20.2. The number of halogens is 1. The molecule has 1 aromatic carbocycles. The molecule has 8 heteroatoms. The van der Waals surface area contributed by atoms with E-state index in [1.54, 1.807) is 24.3 Å². The summed E-state index contributed by atoms with van der Waals surface area (Å²) in [4.78, 5) is 29.0. The molecule has 186 valence electrons. The van der Waals surface area contributed by atoms with Gasteiger partial charge in [0.1, 0.15) is 11.9 Å². The third-order valence-corrected chi connectivity index (χ3v) is 7.26. The maximum atomic E-state index is 13.8. The lowest BCUT2D eigenvalue weighted by atomic mass is 9.77. The van der Waals surface area contributed by atoms with E-state index in [4.69, 9.17) is 30.2 Å². The molecule has 1 aromatic heterocycles. The minimum absolute atomic E-state index is 0.0546. The summed E-state index contributed by atoms with van der Waals surface area (Å²) in [5.74, 6) is 1.58. The van der Waals surface area contributed by atoms with E-state index in [1.807, 2.05) is 24.3 Å². The molecule has 5 rings (SSSR count). The average molecular weight is 500 g/mol. The second-order valence-electron chi connectivity index (χ2n) is 9.81. The standard InChI is InChI=1S/C27H30ClNO6/c1-15(2)14-34-21-8-6-16(11-22(21)32-3)24-23-25(30)19-12-17(28)7-9-20(19)35-26(23)27(31)29(24)13-18-5-4-10-33-18/h4-6,8,10-11,15,17,19-20,24H,7,9,12-14H2,1-3H3. The lowest BCUT2D eigenvalue weighted by Gasteiger charge is -2.37. The minimum Gasteiger partial charge on any atom is -0.493 e. The van der Waals surface area contributed by atoms with E-state index in [2.05, 4.69) is 13.8 Å². The maximum absolute atomic E-state index is 13.8. The molecule has 35 heavy (non-hydrogen) atoms. The fraction of sp³-hybridized carbons (Fsp3) is 0.481. The van der Waals surface area contributed by atoms with Gasteiger partial charge in [0.05, 0.1) is 44.1 Å². The van der Waals surface area contributed by atoms with Gasteiger partial charge in [0.25, 0.3) is 5.91 Å². The highest BCUT2D eigenvalue weighted by Gasteiger charge is 2.53. The van der Waals surface area contributed by atoms with Crippen LogP contribution in [0.5, 0.6) is 11.5 Å². The van der Waals surface area contributed by atoms with E-state index in [-0.39, 0.29) is 41.4 Å². The Morgan fingerprint density at radius 3 is 2.71 bits per heavy atom. The Labute approximate surface area is 210 Å². The second-order valence-corrected chi connectivity index (χ2v) is 10.4. The molecule has 0 N–H and O–H groups in total. The van der Waals surface area contributed by atoms with Crippen LogP contribution in [0.1, 0.15) is 50.5 Å². The van der Waals surface area contributed by atoms with E-state index in [9.17, 15) is 9.59 Å². The first-order valence-corrected chi connectivity index (χ1v) is 12.5. The molecule has 2 aromatic rings. The van der Waals surface area contributed by atoms with Crippen LogP contribution >= 0.6 is 11.6 Å². The van der Waals surface area contributed by atoms with Crippen molar-refractivity contribution in [1.82, 2.24) is 4.90 Å². The van der Waals surface area contributed by atoms with Gasteiger partial charge in [-0.1, -0.05) is 19.9 Å². The molecular weight excluding hydrogens is 470 g/mol. The molecule has 0 bridgehead atoms. The van der Waals surface area contributed by atoms with Gasteiger partial charge in [-0.25, -0.2) is 0 Å². The third-order valence-electron chi connectivity index (χ3n) is 6.86. The summed E-state index contributed by atoms with van der Waals surface area (Å²) < 4.78 is 23.3. The number of benzene rings is 1. The Morgan fingerprint density at radius 2 is 2.00 bits per heavy atom. The van der Waals surface area contributed by atoms with Crippen LogP contribution in [-0.4, -0.2) is 41.8 Å². The number of hydrogen-bond donors (Lipinski definition) is 0. The first-order chi connectivity index (χ1) is 16.9. The number of fused-ring (bicyclic) bond motifs is 1. The van der Waals surface area contributed by atoms with Gasteiger partial charge in [0, 0.05) is 5.38 Å². The Bertz CT molecular complexity index is 1140. The van der Waals surface area contributed by atoms with Gasteiger partial charge in [0.2, 0.25) is 0 Å². The average Bonchev–Trinajstić information content (AvgIpc) is 3.45. The predicted molar refractivity (Wildman–Crippen MR) is 129 cm³/mol. The molecule has 1 aliphatic carbocycles. The van der Waals surface area contributed by atoms with Crippen molar-refractivity contribution in [3.8, 4) is 11.5 Å². The van der Waals surface area contributed by atoms with Crippen LogP contribution < -0.4 is 9.47 Å². The van der Waals surface area contributed by atoms with Crippen molar-refractivity contribution in [3.05, 3.63) is 59.3 Å². The second kappa shape index (κ2) is 9.61. The number of methoxy groups -OCH3 is 1. The van der Waals surface area contributed by atoms with Crippen LogP contribution in [0.2, 0.25) is 0 Å². The fourth-order valence-corrected chi connectivity index (χ4v) is 5.49. The number of carbonyl (C=O) groups is 2. The van der Waals surface area contributed by atoms with Crippen molar-refractivity contribution in [1.29, 1.82) is 0 Å². The summed E-state index contributed by atoms with van der Waals surface area (Å²) in [5.41, 5.74) is 1.14. The number of ether oxygens (including phenoxy) is 3. The quantitative estimate of drug-likeness (QED) is 0.497. The number of amides is 1. The van der Waals surface area contributed by atoms with E-state index >= 15 is 0 Å². The molecule has 0 saturated heterocycles. The number of rotatable bonds is 7. The van der Waals surface area contributed by atoms with Gasteiger partial charge in [0.15, 0.2) is 23.0 Å². The summed E-state index contributed by atoms with van der Waals surface area (Å²) in [6, 6.07) is 8.51. The summed E-state index contributed by atoms with van der Waals surface area (Å²) in [6.45, 7) is 4.91. The first kappa shape index (κ1) is 23.8. The molecular formula is C27H30ClNO6. The Morgan fingerprint density at radius 1 is 1.17 bits per heavy atom. The molecule has 0 radical (unpaired) electrons. The van der Waals surface area contributed by atoms with Crippen molar-refractivity contribution >= 4 is 23.3 Å². The molecule has 3 aliphatic rings. The van der Waals surface area contributed by atoms with Crippen LogP contribution in [0.15, 0.2) is 52.3 Å². The van der Waals surface area contributed by atoms with Gasteiger partial charge in [-0.3, -0.25) is 9.59 Å². The predicted octanol–water partition coefficient (Wildman–Crippen LogP) is 5.04. The van der Waals surface area contributed by atoms with Crippen LogP contribution in [0.4, 0.5) is 0 Å². The number of Topliss-reactive ketones (excluding diaryl/α,β-unsaturated/α-hetero) is 1. The summed E-state index contributed by atoms with van der Waals surface area (Å²) in [7, 11) is 1.58. The molecule has 1 amide bonds. The van der Waals surface area contributed by atoms with E-state index < -0.39 is 6.04 Å². The number of alkyl halides is 1. The highest BCUT2D eigenvalue weighted by atomic mass is 35.5. The highest BCUT2D eigenvalue weighted by Crippen LogP contribution is 2.48. The topological polar surface area (TPSA) is 78.2 Å². The molecule has 1 saturated carbocycles. The Hall–Kier alpha value is -2.93. The van der Waals surface area contributed by atoms with Gasteiger partial charge < -0.3 is 23.5 Å². The van der Waals surface area contributed by atoms with Crippen molar-refractivity contribution < 1.29 is 28.2 Å². The summed E-state index contributed by atoms with van der Waals surface area (Å²) >= 11 is 6.42. The van der Waals surface area contributed by atoms with Crippen LogP contribution in [-0.2, 0) is 20.9 Å². The monoisotopic (exact) mass is 499 g/mol. The van der Waals surface area contributed by atoms with Gasteiger partial charge in [-0.15, -0.1) is 11.6 Å². The highest BCUT2D eigenvalue weighted by molar-refractivity contribution is 6.21. The van der Waals surface area contributed by atoms with Gasteiger partial charge in [-0.2, -0.15) is 0 Å². The smallest absolute Gasteiger partial charge is 0.290 e. The van der Waals surface area contributed by atoms with Gasteiger partial charge >= 0.3 is 0 Å². The number of carbonyl (C=O) groups excluding carboxylic acids is 2. The van der Waals surface area contributed by atoms with Crippen molar-refractivity contribution in [2.45, 2.75) is 57.2 Å². The molecule has 3 heterocycles. The third kappa shape index (κ3) is 4.42. The van der Waals surface area contributed by atoms with Crippen LogP contribution in [0.3, 0.4) is 0 Å². The molecule has 2 aliphatic heterocycles. The SMILES string of the molecule is COc1cc(C2C3=C(OC4CCC(Cl)CC4C3=O)C(=O)N2Cc2ccco2)ccc1OCC(C)C. The number of furan rings is 1. The maximum Gasteiger partial charge on any atom is 0.290 e. The van der Waals surface area contributed by atoms with E-state index in [1.165, 1.54) is 0 Å². The zero-order chi connectivity index (χ0) is 24.7. The lowest BCUT2D eigenvalue weighted by molar-refractivity contribution is -0.135. The molecule has 7 nitrogen and oxygen atoms in total. The van der Waals surface area contributed by atoms with Crippen molar-refractivity contribution in [3.63, 3.8) is 0 Å². The van der Waals surface area contributed by atoms with Crippen molar-refractivity contribution in [2.24, 2.45) is 11.8 Å². The number of nitrogens with zero attached hydrogens (tertiary/aromatic N) is 1. The molecule has 4 atom stereocenters. The van der Waals surface area contributed by atoms with Crippen LogP contribution in [0, 0.1) is 11.8 Å². The molecule has 0 spiro atoms. The lowest BCUT2D eigenvalue weighted by Crippen LogP contribution is -2.41. The number of hydrogen-bond acceptors (Lipinski definition) is 6. The van der Waals surface area contributed by atoms with E-state index in [0.717, 1.165) is 12.0 Å². The molecule has 4 unspecified atom stereocenters. The normalized spacial score (nSPS) is 26.0.